The third-order valence-corrected chi connectivity index (χ3v) is 5.18. The number of hydrogen-bond acceptors (Lipinski definition) is 8. The first-order valence-electron chi connectivity index (χ1n) is 9.43. The van der Waals surface area contributed by atoms with Crippen LogP contribution >= 0.6 is 0 Å². The van der Waals surface area contributed by atoms with Crippen molar-refractivity contribution < 1.29 is 13.7 Å². The number of aromatic nitrogens is 6. The molecule has 5 rings (SSSR count). The third kappa shape index (κ3) is 3.01. The monoisotopic (exact) mass is 420 g/mol. The Labute approximate surface area is 175 Å². The number of fused-ring (bicyclic) bond motifs is 1. The lowest BCUT2D eigenvalue weighted by Crippen LogP contribution is -2.27. The molecular formula is C20H17FN8O2. The van der Waals surface area contributed by atoms with Crippen LogP contribution in [0.15, 0.2) is 41.1 Å². The first kappa shape index (κ1) is 18.9. The van der Waals surface area contributed by atoms with Gasteiger partial charge >= 0.3 is 0 Å². The van der Waals surface area contributed by atoms with E-state index in [2.05, 4.69) is 30.5 Å². The Kier molecular flexibility index (Phi) is 4.07. The number of nitrogens with zero attached hydrogens (tertiary/aromatic N) is 6. The van der Waals surface area contributed by atoms with Gasteiger partial charge in [0.1, 0.15) is 23.7 Å². The van der Waals surface area contributed by atoms with E-state index in [1.807, 2.05) is 0 Å². The quantitative estimate of drug-likeness (QED) is 0.513. The van der Waals surface area contributed by atoms with Crippen LogP contribution < -0.4 is 11.1 Å². The molecule has 1 aromatic carbocycles. The number of anilines is 2. The molecule has 4 heterocycles. The number of nitrogens with one attached hydrogen (secondary N) is 1. The summed E-state index contributed by atoms with van der Waals surface area (Å²) in [5.74, 6) is 0.534. The van der Waals surface area contributed by atoms with Crippen molar-refractivity contribution in [2.24, 2.45) is 0 Å². The molecule has 3 aromatic heterocycles. The number of hydrogen-bond donors (Lipinski definition) is 2. The van der Waals surface area contributed by atoms with Gasteiger partial charge in [-0.25, -0.2) is 24.0 Å². The maximum Gasteiger partial charge on any atom is 0.235 e. The zero-order chi connectivity index (χ0) is 21.8. The van der Waals surface area contributed by atoms with Crippen molar-refractivity contribution in [3.8, 4) is 23.2 Å². The SMILES string of the molecule is CC1(C)C(=O)Nc2nc(-c3nc(-c4ccon4)n(Cc4ccccc4F)n3)nc(N)c21. The Bertz CT molecular complexity index is 1310. The van der Waals surface area contributed by atoms with E-state index >= 15 is 0 Å². The number of benzene rings is 1. The van der Waals surface area contributed by atoms with Gasteiger partial charge in [0.15, 0.2) is 11.5 Å². The van der Waals surface area contributed by atoms with E-state index in [0.717, 1.165) is 0 Å². The summed E-state index contributed by atoms with van der Waals surface area (Å²) < 4.78 is 20.6. The molecule has 156 valence electrons. The predicted molar refractivity (Wildman–Crippen MR) is 108 cm³/mol. The molecule has 0 fully saturated rings. The van der Waals surface area contributed by atoms with Gasteiger partial charge in [0.25, 0.3) is 0 Å². The minimum Gasteiger partial charge on any atom is -0.383 e. The van der Waals surface area contributed by atoms with Crippen molar-refractivity contribution in [2.75, 3.05) is 11.1 Å². The molecule has 0 unspecified atom stereocenters. The van der Waals surface area contributed by atoms with Crippen molar-refractivity contribution in [3.05, 3.63) is 53.5 Å². The molecule has 1 aliphatic rings. The summed E-state index contributed by atoms with van der Waals surface area (Å²) in [4.78, 5) is 25.5. The van der Waals surface area contributed by atoms with E-state index in [1.165, 1.54) is 17.0 Å². The van der Waals surface area contributed by atoms with Gasteiger partial charge in [-0.3, -0.25) is 4.79 Å². The van der Waals surface area contributed by atoms with Gasteiger partial charge < -0.3 is 15.6 Å². The van der Waals surface area contributed by atoms with Crippen molar-refractivity contribution >= 4 is 17.5 Å². The van der Waals surface area contributed by atoms with Gasteiger partial charge in [0, 0.05) is 11.6 Å². The maximum absolute atomic E-state index is 14.2. The lowest BCUT2D eigenvalue weighted by atomic mass is 9.87. The van der Waals surface area contributed by atoms with Crippen molar-refractivity contribution in [2.45, 2.75) is 25.8 Å². The topological polar surface area (TPSA) is 138 Å². The van der Waals surface area contributed by atoms with Crippen LogP contribution in [0, 0.1) is 5.82 Å². The highest BCUT2D eigenvalue weighted by molar-refractivity contribution is 6.06. The summed E-state index contributed by atoms with van der Waals surface area (Å²) in [5.41, 5.74) is 6.67. The molecule has 3 N–H and O–H groups in total. The van der Waals surface area contributed by atoms with E-state index in [9.17, 15) is 9.18 Å². The molecule has 4 aromatic rings. The van der Waals surface area contributed by atoms with Crippen LogP contribution in [0.25, 0.3) is 23.2 Å². The summed E-state index contributed by atoms with van der Waals surface area (Å²) in [5, 5.41) is 11.1. The van der Waals surface area contributed by atoms with Gasteiger partial charge in [-0.2, -0.15) is 0 Å². The van der Waals surface area contributed by atoms with Gasteiger partial charge in [0.2, 0.25) is 17.6 Å². The molecule has 0 bridgehead atoms. The number of nitrogens with two attached hydrogens (primary N) is 1. The van der Waals surface area contributed by atoms with Gasteiger partial charge in [0.05, 0.1) is 17.5 Å². The molecular weight excluding hydrogens is 403 g/mol. The number of carbonyl (C=O) groups is 1. The lowest BCUT2D eigenvalue weighted by Gasteiger charge is -2.15. The Hall–Kier alpha value is -4.15. The van der Waals surface area contributed by atoms with Crippen LogP contribution in [0.3, 0.4) is 0 Å². The van der Waals surface area contributed by atoms with Crippen LogP contribution in [0.4, 0.5) is 16.0 Å². The summed E-state index contributed by atoms with van der Waals surface area (Å²) in [6, 6.07) is 8.00. The van der Waals surface area contributed by atoms with Crippen LogP contribution in [-0.2, 0) is 16.8 Å². The smallest absolute Gasteiger partial charge is 0.235 e. The fourth-order valence-corrected chi connectivity index (χ4v) is 3.51. The maximum atomic E-state index is 14.2. The number of halogens is 1. The second kappa shape index (κ2) is 6.69. The summed E-state index contributed by atoms with van der Waals surface area (Å²) in [6.45, 7) is 3.60. The van der Waals surface area contributed by atoms with E-state index in [4.69, 9.17) is 10.3 Å². The van der Waals surface area contributed by atoms with E-state index in [0.29, 0.717) is 28.5 Å². The van der Waals surface area contributed by atoms with E-state index < -0.39 is 5.41 Å². The average molecular weight is 420 g/mol. The standard InChI is InChI=1S/C20H17FN8O2/c1-20(2)13-14(22)23-16(24-15(13)26-19(20)30)17-25-18(12-7-8-31-28-12)29(27-17)9-10-5-3-4-6-11(10)21/h3-8H,9H2,1-2H3,(H3,22,23,24,26,30). The second-order valence-electron chi connectivity index (χ2n) is 7.63. The molecule has 0 aliphatic carbocycles. The first-order valence-corrected chi connectivity index (χ1v) is 9.43. The number of carbonyl (C=O) groups excluding carboxylic acids is 1. The normalized spacial score (nSPS) is 14.5. The highest BCUT2D eigenvalue weighted by atomic mass is 19.1. The lowest BCUT2D eigenvalue weighted by molar-refractivity contribution is -0.119. The molecule has 0 atom stereocenters. The molecule has 1 aliphatic heterocycles. The molecule has 0 saturated heterocycles. The highest BCUT2D eigenvalue weighted by Gasteiger charge is 2.42. The fraction of sp³-hybridized carbons (Fsp3) is 0.200. The Morgan fingerprint density at radius 1 is 1.16 bits per heavy atom. The van der Waals surface area contributed by atoms with Crippen molar-refractivity contribution in [1.82, 2.24) is 29.9 Å². The fourth-order valence-electron chi connectivity index (χ4n) is 3.51. The molecule has 31 heavy (non-hydrogen) atoms. The number of nitrogen functional groups attached to an aromatic ring is 1. The number of rotatable bonds is 4. The van der Waals surface area contributed by atoms with Crippen LogP contribution in [0.5, 0.6) is 0 Å². The Balaban J connectivity index is 1.62. The molecule has 0 saturated carbocycles. The van der Waals surface area contributed by atoms with Gasteiger partial charge in [-0.05, 0) is 19.9 Å². The molecule has 0 radical (unpaired) electrons. The molecule has 10 nitrogen and oxygen atoms in total. The molecule has 1 amide bonds. The van der Waals surface area contributed by atoms with Crippen molar-refractivity contribution in [1.29, 1.82) is 0 Å². The highest BCUT2D eigenvalue weighted by Crippen LogP contribution is 2.40. The minimum atomic E-state index is -0.846. The van der Waals surface area contributed by atoms with Gasteiger partial charge in [-0.15, -0.1) is 5.10 Å². The summed E-state index contributed by atoms with van der Waals surface area (Å²) in [6.07, 6.45) is 1.40. The van der Waals surface area contributed by atoms with E-state index in [-0.39, 0.29) is 35.7 Å². The summed E-state index contributed by atoms with van der Waals surface area (Å²) in [7, 11) is 0. The summed E-state index contributed by atoms with van der Waals surface area (Å²) >= 11 is 0. The van der Waals surface area contributed by atoms with Crippen LogP contribution in [0.1, 0.15) is 25.0 Å². The van der Waals surface area contributed by atoms with Gasteiger partial charge in [-0.1, -0.05) is 23.4 Å². The zero-order valence-corrected chi connectivity index (χ0v) is 16.6. The van der Waals surface area contributed by atoms with Crippen molar-refractivity contribution in [3.63, 3.8) is 0 Å². The largest absolute Gasteiger partial charge is 0.383 e. The Morgan fingerprint density at radius 3 is 2.71 bits per heavy atom. The second-order valence-corrected chi connectivity index (χ2v) is 7.63. The number of amides is 1. The minimum absolute atomic E-state index is 0.103. The van der Waals surface area contributed by atoms with E-state index in [1.54, 1.807) is 38.1 Å². The molecule has 11 heteroatoms. The van der Waals surface area contributed by atoms with Crippen LogP contribution in [-0.4, -0.2) is 35.8 Å². The average Bonchev–Trinajstić information content (AvgIpc) is 3.43. The Morgan fingerprint density at radius 2 is 1.97 bits per heavy atom. The molecule has 0 spiro atoms. The van der Waals surface area contributed by atoms with Crippen LogP contribution in [0.2, 0.25) is 0 Å². The third-order valence-electron chi connectivity index (χ3n) is 5.18. The first-order chi connectivity index (χ1) is 14.8. The zero-order valence-electron chi connectivity index (χ0n) is 16.6. The predicted octanol–water partition coefficient (Wildman–Crippen LogP) is 2.39.